The molecule has 0 amide bonds. The standard InChI is InChI=1S/C10H16N2O3S/c11-16(14,15)12-10(7-4-8-13)9-5-2-1-3-6-9/h1-3,5-6,10,12-13H,4,7-8H2,(H2,11,14,15). The van der Waals surface area contributed by atoms with Gasteiger partial charge in [-0.05, 0) is 18.4 Å². The quantitative estimate of drug-likeness (QED) is 0.671. The lowest BCUT2D eigenvalue weighted by molar-refractivity contribution is 0.278. The number of aliphatic hydroxyl groups is 1. The highest BCUT2D eigenvalue weighted by molar-refractivity contribution is 7.87. The Bertz CT molecular complexity index is 405. The summed E-state index contributed by atoms with van der Waals surface area (Å²) in [5, 5.41) is 13.7. The first kappa shape index (κ1) is 13.1. The molecule has 0 saturated heterocycles. The molecule has 0 radical (unpaired) electrons. The van der Waals surface area contributed by atoms with Crippen LogP contribution in [-0.2, 0) is 10.2 Å². The van der Waals surface area contributed by atoms with Crippen LogP contribution in [0.1, 0.15) is 24.4 Å². The highest BCUT2D eigenvalue weighted by Gasteiger charge is 2.15. The van der Waals surface area contributed by atoms with Gasteiger partial charge in [0.25, 0.3) is 10.2 Å². The average Bonchev–Trinajstić information content (AvgIpc) is 2.24. The molecule has 5 nitrogen and oxygen atoms in total. The van der Waals surface area contributed by atoms with Crippen LogP contribution in [0.2, 0.25) is 0 Å². The summed E-state index contributed by atoms with van der Waals surface area (Å²) in [6.45, 7) is 0.0234. The lowest BCUT2D eigenvalue weighted by Gasteiger charge is -2.17. The van der Waals surface area contributed by atoms with Gasteiger partial charge in [-0.3, -0.25) is 0 Å². The van der Waals surface area contributed by atoms with Gasteiger partial charge in [-0.1, -0.05) is 30.3 Å². The number of aliphatic hydroxyl groups excluding tert-OH is 1. The van der Waals surface area contributed by atoms with E-state index in [-0.39, 0.29) is 12.6 Å². The predicted octanol–water partition coefficient (Wildman–Crippen LogP) is 0.293. The molecule has 0 aliphatic rings. The van der Waals surface area contributed by atoms with Gasteiger partial charge in [0.15, 0.2) is 0 Å². The molecule has 0 aliphatic carbocycles. The third-order valence-corrected chi connectivity index (χ3v) is 2.77. The Kier molecular flexibility index (Phi) is 4.88. The zero-order valence-corrected chi connectivity index (χ0v) is 9.65. The predicted molar refractivity (Wildman–Crippen MR) is 61.7 cm³/mol. The van der Waals surface area contributed by atoms with Crippen molar-refractivity contribution in [3.05, 3.63) is 35.9 Å². The summed E-state index contributed by atoms with van der Waals surface area (Å²) < 4.78 is 24.3. The Labute approximate surface area is 95.5 Å². The van der Waals surface area contributed by atoms with Gasteiger partial charge >= 0.3 is 0 Å². The number of nitrogens with one attached hydrogen (secondary N) is 1. The molecule has 1 unspecified atom stereocenters. The minimum atomic E-state index is -3.73. The van der Waals surface area contributed by atoms with Crippen molar-refractivity contribution >= 4 is 10.2 Å². The van der Waals surface area contributed by atoms with Gasteiger partial charge in [-0.2, -0.15) is 13.1 Å². The Morgan fingerprint density at radius 3 is 2.44 bits per heavy atom. The Hall–Kier alpha value is -0.950. The molecule has 6 heteroatoms. The smallest absolute Gasteiger partial charge is 0.274 e. The van der Waals surface area contributed by atoms with E-state index in [0.29, 0.717) is 12.8 Å². The van der Waals surface area contributed by atoms with Crippen LogP contribution in [0.3, 0.4) is 0 Å². The zero-order chi connectivity index (χ0) is 12.0. The monoisotopic (exact) mass is 244 g/mol. The van der Waals surface area contributed by atoms with Crippen LogP contribution in [0.25, 0.3) is 0 Å². The summed E-state index contributed by atoms with van der Waals surface area (Å²) >= 11 is 0. The van der Waals surface area contributed by atoms with Crippen molar-refractivity contribution in [1.82, 2.24) is 4.72 Å². The highest BCUT2D eigenvalue weighted by Crippen LogP contribution is 2.18. The van der Waals surface area contributed by atoms with Gasteiger partial charge < -0.3 is 5.11 Å². The first-order chi connectivity index (χ1) is 7.53. The molecule has 0 saturated carbocycles. The molecule has 0 aliphatic heterocycles. The number of nitrogens with two attached hydrogens (primary N) is 1. The number of benzene rings is 1. The van der Waals surface area contributed by atoms with E-state index in [2.05, 4.69) is 4.72 Å². The van der Waals surface area contributed by atoms with Crippen molar-refractivity contribution in [2.45, 2.75) is 18.9 Å². The maximum absolute atomic E-state index is 11.0. The Balaban J connectivity index is 2.79. The zero-order valence-electron chi connectivity index (χ0n) is 8.83. The van der Waals surface area contributed by atoms with E-state index in [1.165, 1.54) is 0 Å². The van der Waals surface area contributed by atoms with Crippen LogP contribution < -0.4 is 9.86 Å². The molecule has 4 N–H and O–H groups in total. The maximum Gasteiger partial charge on any atom is 0.274 e. The lowest BCUT2D eigenvalue weighted by Crippen LogP contribution is -2.34. The number of hydrogen-bond donors (Lipinski definition) is 3. The first-order valence-corrected chi connectivity index (χ1v) is 6.53. The number of hydrogen-bond acceptors (Lipinski definition) is 3. The summed E-state index contributed by atoms with van der Waals surface area (Å²) in [6, 6.07) is 8.76. The van der Waals surface area contributed by atoms with Crippen molar-refractivity contribution in [2.75, 3.05) is 6.61 Å². The minimum absolute atomic E-state index is 0.0234. The second kappa shape index (κ2) is 5.95. The minimum Gasteiger partial charge on any atom is -0.396 e. The van der Waals surface area contributed by atoms with E-state index in [0.717, 1.165) is 5.56 Å². The number of rotatable bonds is 6. The normalized spacial score (nSPS) is 13.6. The molecule has 0 spiro atoms. The van der Waals surface area contributed by atoms with Gasteiger partial charge in [-0.25, -0.2) is 5.14 Å². The summed E-state index contributed by atoms with van der Waals surface area (Å²) in [5.41, 5.74) is 0.838. The fourth-order valence-electron chi connectivity index (χ4n) is 1.47. The van der Waals surface area contributed by atoms with E-state index in [9.17, 15) is 8.42 Å². The Morgan fingerprint density at radius 2 is 1.94 bits per heavy atom. The third kappa shape index (κ3) is 4.71. The molecule has 1 rings (SSSR count). The maximum atomic E-state index is 11.0. The van der Waals surface area contributed by atoms with Crippen molar-refractivity contribution < 1.29 is 13.5 Å². The van der Waals surface area contributed by atoms with E-state index in [4.69, 9.17) is 10.2 Å². The van der Waals surface area contributed by atoms with Gasteiger partial charge in [-0.15, -0.1) is 0 Å². The van der Waals surface area contributed by atoms with E-state index in [1.54, 1.807) is 0 Å². The average molecular weight is 244 g/mol. The topological polar surface area (TPSA) is 92.4 Å². The lowest BCUT2D eigenvalue weighted by atomic mass is 10.0. The van der Waals surface area contributed by atoms with Crippen LogP contribution in [-0.4, -0.2) is 20.1 Å². The molecule has 1 aromatic rings. The molecule has 0 fully saturated rings. The SMILES string of the molecule is NS(=O)(=O)NC(CCCO)c1ccccc1. The van der Waals surface area contributed by atoms with Crippen molar-refractivity contribution in [3.63, 3.8) is 0 Å². The highest BCUT2D eigenvalue weighted by atomic mass is 32.2. The molecule has 0 bridgehead atoms. The van der Waals surface area contributed by atoms with Gasteiger partial charge in [0.05, 0.1) is 0 Å². The molecule has 0 aromatic heterocycles. The summed E-state index contributed by atoms with van der Waals surface area (Å²) in [5.74, 6) is 0. The molecular weight excluding hydrogens is 228 g/mol. The van der Waals surface area contributed by atoms with Crippen LogP contribution >= 0.6 is 0 Å². The molecule has 0 heterocycles. The fourth-order valence-corrected chi connectivity index (χ4v) is 2.12. The van der Waals surface area contributed by atoms with Gasteiger partial charge in [0.2, 0.25) is 0 Å². The summed E-state index contributed by atoms with van der Waals surface area (Å²) in [6.07, 6.45) is 1.03. The molecular formula is C10H16N2O3S. The Morgan fingerprint density at radius 1 is 1.31 bits per heavy atom. The van der Waals surface area contributed by atoms with Gasteiger partial charge in [0.1, 0.15) is 0 Å². The molecule has 1 aromatic carbocycles. The van der Waals surface area contributed by atoms with Crippen LogP contribution in [0.4, 0.5) is 0 Å². The second-order valence-corrected chi connectivity index (χ2v) is 4.82. The van der Waals surface area contributed by atoms with Crippen molar-refractivity contribution in [2.24, 2.45) is 5.14 Å². The van der Waals surface area contributed by atoms with E-state index < -0.39 is 10.2 Å². The first-order valence-electron chi connectivity index (χ1n) is 4.99. The summed E-state index contributed by atoms with van der Waals surface area (Å²) in [4.78, 5) is 0. The molecule has 16 heavy (non-hydrogen) atoms. The summed E-state index contributed by atoms with van der Waals surface area (Å²) in [7, 11) is -3.73. The van der Waals surface area contributed by atoms with Gasteiger partial charge in [0, 0.05) is 12.6 Å². The largest absolute Gasteiger partial charge is 0.396 e. The molecule has 90 valence electrons. The van der Waals surface area contributed by atoms with Crippen LogP contribution in [0, 0.1) is 0 Å². The van der Waals surface area contributed by atoms with E-state index >= 15 is 0 Å². The second-order valence-electron chi connectivity index (χ2n) is 3.49. The van der Waals surface area contributed by atoms with Crippen molar-refractivity contribution in [1.29, 1.82) is 0 Å². The molecule has 1 atom stereocenters. The third-order valence-electron chi connectivity index (χ3n) is 2.16. The van der Waals surface area contributed by atoms with Crippen molar-refractivity contribution in [3.8, 4) is 0 Å². The van der Waals surface area contributed by atoms with E-state index in [1.807, 2.05) is 30.3 Å². The van der Waals surface area contributed by atoms with Crippen LogP contribution in [0.5, 0.6) is 0 Å². The fraction of sp³-hybridized carbons (Fsp3) is 0.400. The van der Waals surface area contributed by atoms with Crippen LogP contribution in [0.15, 0.2) is 30.3 Å².